The lowest BCUT2D eigenvalue weighted by molar-refractivity contribution is -0.117. The van der Waals surface area contributed by atoms with Crippen molar-refractivity contribution >= 4 is 23.3 Å². The molecule has 0 aromatic heterocycles. The second-order valence-electron chi connectivity index (χ2n) is 6.65. The highest BCUT2D eigenvalue weighted by molar-refractivity contribution is 5.95. The number of nitrogens with zero attached hydrogens (tertiary/aromatic N) is 1. The van der Waals surface area contributed by atoms with Gasteiger partial charge in [-0.15, -0.1) is 0 Å². The van der Waals surface area contributed by atoms with Crippen molar-refractivity contribution in [2.45, 2.75) is 45.1 Å². The lowest BCUT2D eigenvalue weighted by atomic mass is 10.1. The maximum atomic E-state index is 12.3. The number of nitrogens with one attached hydrogen (secondary N) is 3. The fraction of sp³-hybridized carbons (Fsp3) is 0.421. The SMILES string of the molecule is CCNC(=O)c1ccc(N/C(CCC/C(N)=N/O)=C(\N)C(=O)NC2CC2)cc1. The van der Waals surface area contributed by atoms with Crippen LogP contribution in [0, 0.1) is 0 Å². The molecule has 0 spiro atoms. The predicted octanol–water partition coefficient (Wildman–Crippen LogP) is 1.21. The van der Waals surface area contributed by atoms with Crippen LogP contribution >= 0.6 is 0 Å². The summed E-state index contributed by atoms with van der Waals surface area (Å²) in [6.07, 6.45) is 3.29. The molecule has 1 aromatic carbocycles. The smallest absolute Gasteiger partial charge is 0.269 e. The first-order chi connectivity index (χ1) is 13.4. The second-order valence-corrected chi connectivity index (χ2v) is 6.65. The molecule has 28 heavy (non-hydrogen) atoms. The summed E-state index contributed by atoms with van der Waals surface area (Å²) < 4.78 is 0. The van der Waals surface area contributed by atoms with Gasteiger partial charge in [0.1, 0.15) is 11.5 Å². The van der Waals surface area contributed by atoms with E-state index in [9.17, 15) is 9.59 Å². The third-order valence-electron chi connectivity index (χ3n) is 4.25. The third-order valence-corrected chi connectivity index (χ3v) is 4.25. The zero-order valence-electron chi connectivity index (χ0n) is 16.0. The van der Waals surface area contributed by atoms with Crippen LogP contribution in [-0.2, 0) is 4.79 Å². The van der Waals surface area contributed by atoms with E-state index in [4.69, 9.17) is 16.7 Å². The molecule has 9 heteroatoms. The summed E-state index contributed by atoms with van der Waals surface area (Å²) in [6.45, 7) is 2.41. The summed E-state index contributed by atoms with van der Waals surface area (Å²) in [4.78, 5) is 24.2. The van der Waals surface area contributed by atoms with E-state index in [0.717, 1.165) is 12.8 Å². The van der Waals surface area contributed by atoms with E-state index in [-0.39, 0.29) is 29.4 Å². The molecule has 0 saturated heterocycles. The second kappa shape index (κ2) is 10.2. The van der Waals surface area contributed by atoms with E-state index < -0.39 is 0 Å². The Morgan fingerprint density at radius 1 is 1.18 bits per heavy atom. The average molecular weight is 388 g/mol. The fourth-order valence-corrected chi connectivity index (χ4v) is 2.53. The van der Waals surface area contributed by atoms with Gasteiger partial charge in [0.2, 0.25) is 0 Å². The molecule has 2 amide bonds. The number of nitrogens with two attached hydrogens (primary N) is 2. The van der Waals surface area contributed by atoms with Crippen molar-refractivity contribution < 1.29 is 14.8 Å². The molecule has 2 rings (SSSR count). The van der Waals surface area contributed by atoms with Crippen LogP contribution in [-0.4, -0.2) is 35.4 Å². The van der Waals surface area contributed by atoms with Gasteiger partial charge in [-0.05, 0) is 56.9 Å². The highest BCUT2D eigenvalue weighted by atomic mass is 16.4. The molecule has 1 saturated carbocycles. The van der Waals surface area contributed by atoms with Crippen LogP contribution in [0.1, 0.15) is 49.4 Å². The summed E-state index contributed by atoms with van der Waals surface area (Å²) in [5.74, 6) is -0.341. The average Bonchev–Trinajstić information content (AvgIpc) is 3.51. The van der Waals surface area contributed by atoms with Crippen LogP contribution in [0.5, 0.6) is 0 Å². The van der Waals surface area contributed by atoms with E-state index in [2.05, 4.69) is 21.1 Å². The topological polar surface area (TPSA) is 155 Å². The highest BCUT2D eigenvalue weighted by Gasteiger charge is 2.25. The van der Waals surface area contributed by atoms with Gasteiger partial charge in [0.15, 0.2) is 0 Å². The Kier molecular flexibility index (Phi) is 7.67. The summed E-state index contributed by atoms with van der Waals surface area (Å²) in [6, 6.07) is 7.09. The largest absolute Gasteiger partial charge is 0.409 e. The predicted molar refractivity (Wildman–Crippen MR) is 108 cm³/mol. The molecule has 0 unspecified atom stereocenters. The minimum atomic E-state index is -0.312. The Hall–Kier alpha value is -3.23. The first-order valence-electron chi connectivity index (χ1n) is 9.35. The zero-order valence-corrected chi connectivity index (χ0v) is 16.0. The maximum Gasteiger partial charge on any atom is 0.269 e. The molecule has 0 bridgehead atoms. The Morgan fingerprint density at radius 3 is 2.43 bits per heavy atom. The van der Waals surface area contributed by atoms with Gasteiger partial charge >= 0.3 is 0 Å². The number of carbonyl (C=O) groups is 2. The maximum absolute atomic E-state index is 12.3. The van der Waals surface area contributed by atoms with Crippen LogP contribution in [0.3, 0.4) is 0 Å². The quantitative estimate of drug-likeness (QED) is 0.116. The summed E-state index contributed by atoms with van der Waals surface area (Å²) in [5, 5.41) is 20.4. The van der Waals surface area contributed by atoms with Crippen molar-refractivity contribution in [2.75, 3.05) is 11.9 Å². The van der Waals surface area contributed by atoms with Gasteiger partial charge in [-0.25, -0.2) is 0 Å². The number of anilines is 1. The minimum absolute atomic E-state index is 0.110. The van der Waals surface area contributed by atoms with Gasteiger partial charge in [-0.1, -0.05) is 5.16 Å². The Balaban J connectivity index is 2.11. The molecule has 0 atom stereocenters. The highest BCUT2D eigenvalue weighted by Crippen LogP contribution is 2.21. The number of rotatable bonds is 10. The van der Waals surface area contributed by atoms with Crippen LogP contribution in [0.15, 0.2) is 40.8 Å². The van der Waals surface area contributed by atoms with Gasteiger partial charge in [0, 0.05) is 36.0 Å². The molecule has 1 fully saturated rings. The molecular weight excluding hydrogens is 360 g/mol. The fourth-order valence-electron chi connectivity index (χ4n) is 2.53. The summed E-state index contributed by atoms with van der Waals surface area (Å²) in [7, 11) is 0. The summed E-state index contributed by atoms with van der Waals surface area (Å²) >= 11 is 0. The van der Waals surface area contributed by atoms with E-state index in [1.807, 2.05) is 6.92 Å². The summed E-state index contributed by atoms with van der Waals surface area (Å²) in [5.41, 5.74) is 13.5. The van der Waals surface area contributed by atoms with Crippen molar-refractivity contribution in [3.8, 4) is 0 Å². The van der Waals surface area contributed by atoms with Crippen molar-refractivity contribution in [1.29, 1.82) is 0 Å². The number of oxime groups is 1. The first-order valence-corrected chi connectivity index (χ1v) is 9.35. The van der Waals surface area contributed by atoms with E-state index in [1.54, 1.807) is 24.3 Å². The van der Waals surface area contributed by atoms with Crippen LogP contribution in [0.25, 0.3) is 0 Å². The molecular formula is C19H28N6O3. The Morgan fingerprint density at radius 2 is 1.86 bits per heavy atom. The molecule has 152 valence electrons. The number of amides is 2. The molecule has 1 aliphatic carbocycles. The van der Waals surface area contributed by atoms with E-state index in [1.165, 1.54) is 0 Å². The molecule has 1 aromatic rings. The van der Waals surface area contributed by atoms with Gasteiger partial charge in [0.25, 0.3) is 11.8 Å². The molecule has 8 N–H and O–H groups in total. The van der Waals surface area contributed by atoms with Crippen molar-refractivity contribution in [3.05, 3.63) is 41.2 Å². The van der Waals surface area contributed by atoms with Crippen molar-refractivity contribution in [3.63, 3.8) is 0 Å². The van der Waals surface area contributed by atoms with Gasteiger partial charge in [-0.2, -0.15) is 0 Å². The van der Waals surface area contributed by atoms with Gasteiger partial charge in [0.05, 0.1) is 0 Å². The molecule has 1 aliphatic rings. The van der Waals surface area contributed by atoms with Crippen LogP contribution in [0.2, 0.25) is 0 Å². The molecule has 0 aliphatic heterocycles. The lowest BCUT2D eigenvalue weighted by Crippen LogP contribution is -2.32. The zero-order chi connectivity index (χ0) is 20.5. The standard InChI is InChI=1S/C19H28N6O3/c1-2-22-18(26)12-6-8-13(9-7-12)23-15(4-3-5-16(20)25-28)17(21)19(27)24-14-10-11-14/h6-9,14,23,28H,2-5,10-11,21H2,1H3,(H2,20,25)(H,22,26)(H,24,27)/b17-15-. The van der Waals surface area contributed by atoms with Crippen molar-refractivity contribution in [1.82, 2.24) is 10.6 Å². The van der Waals surface area contributed by atoms with Crippen LogP contribution in [0.4, 0.5) is 5.69 Å². The molecule has 9 nitrogen and oxygen atoms in total. The molecule has 0 heterocycles. The number of hydrogen-bond acceptors (Lipinski definition) is 6. The third kappa shape index (κ3) is 6.49. The number of amidine groups is 1. The van der Waals surface area contributed by atoms with Crippen LogP contribution < -0.4 is 27.4 Å². The monoisotopic (exact) mass is 388 g/mol. The number of allylic oxidation sites excluding steroid dienone is 1. The first kappa shape index (κ1) is 21.1. The van der Waals surface area contributed by atoms with E-state index in [0.29, 0.717) is 42.8 Å². The molecule has 0 radical (unpaired) electrons. The Labute approximate surface area is 164 Å². The van der Waals surface area contributed by atoms with E-state index >= 15 is 0 Å². The van der Waals surface area contributed by atoms with Gasteiger partial charge in [-0.3, -0.25) is 9.59 Å². The van der Waals surface area contributed by atoms with Gasteiger partial charge < -0.3 is 32.6 Å². The Bertz CT molecular complexity index is 753. The minimum Gasteiger partial charge on any atom is -0.409 e. The van der Waals surface area contributed by atoms with Crippen molar-refractivity contribution in [2.24, 2.45) is 16.6 Å². The number of hydrogen-bond donors (Lipinski definition) is 6. The number of benzene rings is 1. The lowest BCUT2D eigenvalue weighted by Gasteiger charge is -2.15. The number of carbonyl (C=O) groups excluding carboxylic acids is 2. The normalized spacial score (nSPS) is 14.8.